The summed E-state index contributed by atoms with van der Waals surface area (Å²) < 4.78 is 3.28. The Labute approximate surface area is 178 Å². The van der Waals surface area contributed by atoms with Gasteiger partial charge in [0.2, 0.25) is 0 Å². The number of fused-ring (bicyclic) bond motifs is 2. The molecule has 1 atom stereocenters. The van der Waals surface area contributed by atoms with E-state index in [0.717, 1.165) is 11.4 Å². The average molecular weight is 414 g/mol. The Hall–Kier alpha value is -3.81. The number of amides is 1. The van der Waals surface area contributed by atoms with E-state index in [9.17, 15) is 9.59 Å². The summed E-state index contributed by atoms with van der Waals surface area (Å²) in [4.78, 5) is 37.3. The molecule has 0 saturated heterocycles. The van der Waals surface area contributed by atoms with Crippen LogP contribution in [0, 0.1) is 5.92 Å². The number of carbonyl (C=O) groups excluding carboxylic acids is 1. The molecule has 0 bridgehead atoms. The van der Waals surface area contributed by atoms with Gasteiger partial charge in [-0.15, -0.1) is 0 Å². The molecule has 0 fully saturated rings. The molecule has 4 aromatic rings. The number of hydrogen-bond donors (Lipinski definition) is 0. The number of carbonyl (C=O) groups is 1. The van der Waals surface area contributed by atoms with Crippen LogP contribution in [0.3, 0.4) is 0 Å². The summed E-state index contributed by atoms with van der Waals surface area (Å²) in [5, 5.41) is 4.67. The van der Waals surface area contributed by atoms with Gasteiger partial charge < -0.3 is 4.90 Å². The maximum atomic E-state index is 13.5. The van der Waals surface area contributed by atoms with Crippen molar-refractivity contribution in [3.8, 4) is 11.4 Å². The smallest absolute Gasteiger partial charge is 0.270 e. The molecule has 1 aliphatic heterocycles. The van der Waals surface area contributed by atoms with Gasteiger partial charge in [0.15, 0.2) is 11.6 Å². The van der Waals surface area contributed by atoms with E-state index in [1.54, 1.807) is 29.3 Å². The fraction of sp³-hybridized carbons (Fsp3) is 0.261. The summed E-state index contributed by atoms with van der Waals surface area (Å²) in [6, 6.07) is 14.8. The number of nitrogens with zero attached hydrogens (tertiary/aromatic N) is 6. The van der Waals surface area contributed by atoms with Crippen molar-refractivity contribution in [3.05, 3.63) is 82.7 Å². The molecule has 8 heteroatoms. The molecule has 156 valence electrons. The lowest BCUT2D eigenvalue weighted by Crippen LogP contribution is -2.46. The first-order valence-electron chi connectivity index (χ1n) is 10.3. The van der Waals surface area contributed by atoms with Crippen LogP contribution < -0.4 is 5.56 Å². The zero-order valence-electron chi connectivity index (χ0n) is 17.3. The fourth-order valence-electron chi connectivity index (χ4n) is 4.14. The van der Waals surface area contributed by atoms with Crippen molar-refractivity contribution in [2.24, 2.45) is 5.92 Å². The quantitative estimate of drug-likeness (QED) is 0.515. The molecular formula is C23H22N6O2. The predicted octanol–water partition coefficient (Wildman–Crippen LogP) is 2.81. The van der Waals surface area contributed by atoms with Crippen molar-refractivity contribution in [3.63, 3.8) is 0 Å². The van der Waals surface area contributed by atoms with E-state index in [2.05, 4.69) is 10.1 Å². The van der Waals surface area contributed by atoms with Crippen LogP contribution in [0.2, 0.25) is 0 Å². The van der Waals surface area contributed by atoms with Crippen LogP contribution in [0.1, 0.15) is 36.1 Å². The van der Waals surface area contributed by atoms with Crippen LogP contribution in [0.15, 0.2) is 65.7 Å². The molecule has 0 spiro atoms. The van der Waals surface area contributed by atoms with E-state index < -0.39 is 0 Å². The van der Waals surface area contributed by atoms with E-state index in [1.165, 1.54) is 10.6 Å². The van der Waals surface area contributed by atoms with Crippen LogP contribution in [0.4, 0.5) is 0 Å². The van der Waals surface area contributed by atoms with Gasteiger partial charge in [0.25, 0.3) is 11.5 Å². The van der Waals surface area contributed by atoms with Crippen LogP contribution in [0.5, 0.6) is 0 Å². The third-order valence-corrected chi connectivity index (χ3v) is 5.62. The lowest BCUT2D eigenvalue weighted by atomic mass is 9.99. The Morgan fingerprint density at radius 1 is 1.06 bits per heavy atom. The highest BCUT2D eigenvalue weighted by atomic mass is 16.2. The van der Waals surface area contributed by atoms with Crippen LogP contribution in [-0.4, -0.2) is 41.5 Å². The van der Waals surface area contributed by atoms with Crippen molar-refractivity contribution >= 4 is 11.6 Å². The highest BCUT2D eigenvalue weighted by Gasteiger charge is 2.37. The Bertz CT molecular complexity index is 1320. The van der Waals surface area contributed by atoms with Crippen molar-refractivity contribution in [1.29, 1.82) is 0 Å². The zero-order chi connectivity index (χ0) is 21.5. The Balaban J connectivity index is 1.55. The summed E-state index contributed by atoms with van der Waals surface area (Å²) in [6.45, 7) is 5.06. The molecule has 1 aromatic carbocycles. The van der Waals surface area contributed by atoms with Gasteiger partial charge in [0, 0.05) is 24.5 Å². The Morgan fingerprint density at radius 3 is 2.61 bits per heavy atom. The van der Waals surface area contributed by atoms with E-state index in [4.69, 9.17) is 4.98 Å². The topological polar surface area (TPSA) is 85.4 Å². The first-order valence-corrected chi connectivity index (χ1v) is 10.3. The zero-order valence-corrected chi connectivity index (χ0v) is 17.3. The summed E-state index contributed by atoms with van der Waals surface area (Å²) in [5.74, 6) is 1.14. The number of aromatic nitrogens is 5. The molecule has 0 N–H and O–H groups in total. The molecule has 0 saturated carbocycles. The molecule has 8 nitrogen and oxygen atoms in total. The van der Waals surface area contributed by atoms with Gasteiger partial charge in [-0.1, -0.05) is 50.2 Å². The number of hydrogen-bond acceptors (Lipinski definition) is 5. The SMILES string of the molecule is CC(C)[C@H]1c2nc(-c3ccccc3)nn2CCN1C(=O)c1cnc2ccccn2c1=O. The molecule has 5 rings (SSSR count). The van der Waals surface area contributed by atoms with Gasteiger partial charge in [-0.3, -0.25) is 14.0 Å². The van der Waals surface area contributed by atoms with Gasteiger partial charge in [-0.2, -0.15) is 5.10 Å². The van der Waals surface area contributed by atoms with E-state index >= 15 is 0 Å². The van der Waals surface area contributed by atoms with Crippen LogP contribution in [-0.2, 0) is 6.54 Å². The lowest BCUT2D eigenvalue weighted by Gasteiger charge is -2.37. The van der Waals surface area contributed by atoms with Gasteiger partial charge in [-0.05, 0) is 18.1 Å². The molecule has 4 heterocycles. The maximum Gasteiger partial charge on any atom is 0.270 e. The summed E-state index contributed by atoms with van der Waals surface area (Å²) >= 11 is 0. The van der Waals surface area contributed by atoms with E-state index in [0.29, 0.717) is 24.6 Å². The van der Waals surface area contributed by atoms with Gasteiger partial charge in [0.1, 0.15) is 11.2 Å². The molecule has 1 amide bonds. The summed E-state index contributed by atoms with van der Waals surface area (Å²) in [7, 11) is 0. The maximum absolute atomic E-state index is 13.5. The number of rotatable bonds is 3. The minimum atomic E-state index is -0.366. The molecule has 0 radical (unpaired) electrons. The van der Waals surface area contributed by atoms with E-state index in [-0.39, 0.29) is 29.0 Å². The first kappa shape index (κ1) is 19.2. The summed E-state index contributed by atoms with van der Waals surface area (Å²) in [6.07, 6.45) is 3.01. The number of pyridine rings is 1. The van der Waals surface area contributed by atoms with Gasteiger partial charge in [-0.25, -0.2) is 14.6 Å². The van der Waals surface area contributed by atoms with Crippen LogP contribution >= 0.6 is 0 Å². The van der Waals surface area contributed by atoms with Crippen LogP contribution in [0.25, 0.3) is 17.0 Å². The van der Waals surface area contributed by atoms with Crippen molar-refractivity contribution in [2.75, 3.05) is 6.54 Å². The molecule has 31 heavy (non-hydrogen) atoms. The van der Waals surface area contributed by atoms with Gasteiger partial charge >= 0.3 is 0 Å². The van der Waals surface area contributed by atoms with Crippen molar-refractivity contribution < 1.29 is 4.79 Å². The molecule has 0 unspecified atom stereocenters. The fourth-order valence-corrected chi connectivity index (χ4v) is 4.14. The minimum absolute atomic E-state index is 0.0607. The Morgan fingerprint density at radius 2 is 1.84 bits per heavy atom. The third-order valence-electron chi connectivity index (χ3n) is 5.62. The second-order valence-electron chi connectivity index (χ2n) is 7.98. The normalized spacial score (nSPS) is 16.0. The van der Waals surface area contributed by atoms with Crippen molar-refractivity contribution in [2.45, 2.75) is 26.4 Å². The lowest BCUT2D eigenvalue weighted by molar-refractivity contribution is 0.0534. The van der Waals surface area contributed by atoms with Crippen molar-refractivity contribution in [1.82, 2.24) is 29.0 Å². The molecular weight excluding hydrogens is 392 g/mol. The average Bonchev–Trinajstić information content (AvgIpc) is 3.23. The predicted molar refractivity (Wildman–Crippen MR) is 116 cm³/mol. The third kappa shape index (κ3) is 3.20. The molecule has 1 aliphatic rings. The largest absolute Gasteiger partial charge is 0.326 e. The molecule has 0 aliphatic carbocycles. The Kier molecular flexibility index (Phi) is 4.62. The second-order valence-corrected chi connectivity index (χ2v) is 7.98. The highest BCUT2D eigenvalue weighted by Crippen LogP contribution is 2.33. The monoisotopic (exact) mass is 414 g/mol. The van der Waals surface area contributed by atoms with E-state index in [1.807, 2.05) is 48.9 Å². The minimum Gasteiger partial charge on any atom is -0.326 e. The second kappa shape index (κ2) is 7.46. The number of benzene rings is 1. The standard InChI is InChI=1S/C23H22N6O2/c1-15(2)19-21-25-20(16-8-4-3-5-9-16)26-29(21)13-12-28(19)23(31)17-14-24-18-10-6-7-11-27(18)22(17)30/h3-11,14-15,19H,12-13H2,1-2H3/t19-/m0/s1. The molecule has 3 aromatic heterocycles. The van der Waals surface area contributed by atoms with Gasteiger partial charge in [0.05, 0.1) is 12.6 Å². The summed E-state index contributed by atoms with van der Waals surface area (Å²) in [5.41, 5.74) is 1.14. The highest BCUT2D eigenvalue weighted by molar-refractivity contribution is 5.94. The first-order chi connectivity index (χ1) is 15.0.